The Morgan fingerprint density at radius 2 is 2.22 bits per heavy atom. The Kier molecular flexibility index (Phi) is 4.48. The number of nitrogens with one attached hydrogen (secondary N) is 1. The topological polar surface area (TPSA) is 59.6 Å². The Hall–Kier alpha value is -1.76. The molecule has 3 unspecified atom stereocenters. The van der Waals surface area contributed by atoms with Gasteiger partial charge in [0.25, 0.3) is 0 Å². The second-order valence-corrected chi connectivity index (χ2v) is 6.10. The number of rotatable bonds is 3. The molecule has 23 heavy (non-hydrogen) atoms. The first-order valence-electron chi connectivity index (χ1n) is 7.77. The number of hydrogen-bond acceptors (Lipinski definition) is 2. The molecule has 0 aromatic heterocycles. The van der Waals surface area contributed by atoms with E-state index in [-0.39, 0.29) is 18.5 Å². The largest absolute Gasteiger partial charge is 0.416 e. The number of ether oxygens (including phenoxy) is 1. The maximum Gasteiger partial charge on any atom is 0.416 e. The standard InChI is InChI=1S/C16H20F3N3O/c17-16(18,19)11-4-1-3-10(7-11)9-21-15(20)22-13-8-14-12(13)5-2-6-23-14/h1,3-4,7,12-14H,2,5-6,8-9H2,(H3,20,21,22). The summed E-state index contributed by atoms with van der Waals surface area (Å²) in [5.41, 5.74) is 5.67. The van der Waals surface area contributed by atoms with Crippen LogP contribution in [0.15, 0.2) is 29.3 Å². The molecule has 1 aromatic carbocycles. The van der Waals surface area contributed by atoms with Crippen molar-refractivity contribution >= 4 is 5.96 Å². The second kappa shape index (κ2) is 6.39. The molecule has 0 spiro atoms. The fourth-order valence-electron chi connectivity index (χ4n) is 3.22. The number of nitrogens with two attached hydrogens (primary N) is 1. The predicted octanol–water partition coefficient (Wildman–Crippen LogP) is 2.68. The lowest BCUT2D eigenvalue weighted by atomic mass is 9.72. The average molecular weight is 327 g/mol. The minimum Gasteiger partial charge on any atom is -0.378 e. The van der Waals surface area contributed by atoms with Crippen molar-refractivity contribution < 1.29 is 17.9 Å². The number of halogens is 3. The Labute approximate surface area is 132 Å². The molecule has 1 aliphatic carbocycles. The Balaban J connectivity index is 1.55. The van der Waals surface area contributed by atoms with Crippen LogP contribution in [0.2, 0.25) is 0 Å². The number of fused-ring (bicyclic) bond motifs is 1. The lowest BCUT2D eigenvalue weighted by Gasteiger charge is -2.47. The summed E-state index contributed by atoms with van der Waals surface area (Å²) in [6.07, 6.45) is -0.947. The minimum atomic E-state index is -4.34. The summed E-state index contributed by atoms with van der Waals surface area (Å²) in [7, 11) is 0. The normalized spacial score (nSPS) is 28.0. The van der Waals surface area contributed by atoms with Crippen LogP contribution in [0.1, 0.15) is 30.4 Å². The van der Waals surface area contributed by atoms with E-state index in [1.165, 1.54) is 6.07 Å². The van der Waals surface area contributed by atoms with Gasteiger partial charge in [0.1, 0.15) is 0 Å². The summed E-state index contributed by atoms with van der Waals surface area (Å²) in [5.74, 6) is 0.738. The van der Waals surface area contributed by atoms with Crippen molar-refractivity contribution in [3.8, 4) is 0 Å². The van der Waals surface area contributed by atoms with Crippen LogP contribution in [0, 0.1) is 5.92 Å². The fraction of sp³-hybridized carbons (Fsp3) is 0.562. The molecule has 3 N–H and O–H groups in total. The van der Waals surface area contributed by atoms with Crippen molar-refractivity contribution in [1.82, 2.24) is 5.32 Å². The summed E-state index contributed by atoms with van der Waals surface area (Å²) in [4.78, 5) is 4.15. The molecule has 2 aliphatic rings. The molecule has 0 amide bonds. The van der Waals surface area contributed by atoms with E-state index in [0.29, 0.717) is 17.6 Å². The Morgan fingerprint density at radius 3 is 2.96 bits per heavy atom. The third-order valence-electron chi connectivity index (χ3n) is 4.51. The van der Waals surface area contributed by atoms with Gasteiger partial charge >= 0.3 is 6.18 Å². The van der Waals surface area contributed by atoms with Crippen molar-refractivity contribution in [2.75, 3.05) is 6.61 Å². The maximum absolute atomic E-state index is 12.7. The van der Waals surface area contributed by atoms with E-state index in [0.717, 1.165) is 38.0 Å². The summed E-state index contributed by atoms with van der Waals surface area (Å²) >= 11 is 0. The highest BCUT2D eigenvalue weighted by Crippen LogP contribution is 2.37. The van der Waals surface area contributed by atoms with Gasteiger partial charge in [-0.3, -0.25) is 0 Å². The van der Waals surface area contributed by atoms with Crippen LogP contribution in [0.5, 0.6) is 0 Å². The van der Waals surface area contributed by atoms with Crippen LogP contribution < -0.4 is 11.1 Å². The summed E-state index contributed by atoms with van der Waals surface area (Å²) in [6, 6.07) is 5.40. The minimum absolute atomic E-state index is 0.125. The van der Waals surface area contributed by atoms with E-state index in [9.17, 15) is 13.2 Å². The molecule has 1 aromatic rings. The molecule has 126 valence electrons. The van der Waals surface area contributed by atoms with Crippen molar-refractivity contribution in [1.29, 1.82) is 0 Å². The van der Waals surface area contributed by atoms with E-state index in [2.05, 4.69) is 10.3 Å². The van der Waals surface area contributed by atoms with Gasteiger partial charge in [0, 0.05) is 18.6 Å². The van der Waals surface area contributed by atoms with Gasteiger partial charge < -0.3 is 15.8 Å². The molecule has 0 bridgehead atoms. The summed E-state index contributed by atoms with van der Waals surface area (Å²) in [5, 5.41) is 3.16. The van der Waals surface area contributed by atoms with E-state index in [4.69, 9.17) is 10.5 Å². The van der Waals surface area contributed by atoms with Crippen LogP contribution in [0.4, 0.5) is 13.2 Å². The maximum atomic E-state index is 12.7. The van der Waals surface area contributed by atoms with Crippen LogP contribution in [0.3, 0.4) is 0 Å². The second-order valence-electron chi connectivity index (χ2n) is 6.10. The molecule has 3 rings (SSSR count). The van der Waals surface area contributed by atoms with Crippen LogP contribution in [0.25, 0.3) is 0 Å². The molecule has 3 atom stereocenters. The van der Waals surface area contributed by atoms with Crippen LogP contribution in [-0.2, 0) is 17.5 Å². The lowest BCUT2D eigenvalue weighted by Crippen LogP contribution is -2.59. The van der Waals surface area contributed by atoms with Gasteiger partial charge in [-0.05, 0) is 37.0 Å². The highest BCUT2D eigenvalue weighted by Gasteiger charge is 2.43. The first-order valence-corrected chi connectivity index (χ1v) is 7.77. The number of benzene rings is 1. The number of alkyl halides is 3. The Morgan fingerprint density at radius 1 is 1.39 bits per heavy atom. The van der Waals surface area contributed by atoms with Gasteiger partial charge in [-0.2, -0.15) is 13.2 Å². The smallest absolute Gasteiger partial charge is 0.378 e. The zero-order valence-corrected chi connectivity index (χ0v) is 12.6. The van der Waals surface area contributed by atoms with Gasteiger partial charge in [0.05, 0.1) is 18.2 Å². The number of nitrogens with zero attached hydrogens (tertiary/aromatic N) is 1. The first kappa shape index (κ1) is 16.1. The molecule has 1 saturated carbocycles. The molecule has 1 aliphatic heterocycles. The van der Waals surface area contributed by atoms with Gasteiger partial charge in [0.2, 0.25) is 0 Å². The van der Waals surface area contributed by atoms with Crippen LogP contribution in [-0.4, -0.2) is 24.7 Å². The molecular formula is C16H20F3N3O. The molecule has 1 heterocycles. The molecule has 7 heteroatoms. The predicted molar refractivity (Wildman–Crippen MR) is 80.8 cm³/mol. The zero-order valence-electron chi connectivity index (χ0n) is 12.6. The highest BCUT2D eigenvalue weighted by molar-refractivity contribution is 5.78. The summed E-state index contributed by atoms with van der Waals surface area (Å²) in [6.45, 7) is 0.951. The number of aliphatic imine (C=N–C) groups is 1. The SMILES string of the molecule is NC(=NCc1cccc(C(F)(F)F)c1)NC1CC2OCCCC12. The van der Waals surface area contributed by atoms with Crippen molar-refractivity contribution in [2.24, 2.45) is 16.6 Å². The van der Waals surface area contributed by atoms with E-state index in [1.54, 1.807) is 6.07 Å². The quantitative estimate of drug-likeness (QED) is 0.663. The highest BCUT2D eigenvalue weighted by atomic mass is 19.4. The zero-order chi connectivity index (χ0) is 16.4. The van der Waals surface area contributed by atoms with Gasteiger partial charge in [-0.15, -0.1) is 0 Å². The third-order valence-corrected chi connectivity index (χ3v) is 4.51. The fourth-order valence-corrected chi connectivity index (χ4v) is 3.22. The Bertz CT molecular complexity index is 588. The molecule has 0 radical (unpaired) electrons. The lowest BCUT2D eigenvalue weighted by molar-refractivity contribution is -0.137. The average Bonchev–Trinajstić information content (AvgIpc) is 2.50. The van der Waals surface area contributed by atoms with Gasteiger partial charge in [-0.25, -0.2) is 4.99 Å². The van der Waals surface area contributed by atoms with Gasteiger partial charge in [-0.1, -0.05) is 12.1 Å². The molecule has 4 nitrogen and oxygen atoms in total. The molecule has 2 fully saturated rings. The van der Waals surface area contributed by atoms with Gasteiger partial charge in [0.15, 0.2) is 5.96 Å². The first-order chi connectivity index (χ1) is 10.9. The van der Waals surface area contributed by atoms with Crippen LogP contribution >= 0.6 is 0 Å². The molecular weight excluding hydrogens is 307 g/mol. The number of guanidine groups is 1. The van der Waals surface area contributed by atoms with Crippen molar-refractivity contribution in [2.45, 2.75) is 44.1 Å². The van der Waals surface area contributed by atoms with E-state index < -0.39 is 11.7 Å². The van der Waals surface area contributed by atoms with E-state index >= 15 is 0 Å². The van der Waals surface area contributed by atoms with E-state index in [1.807, 2.05) is 0 Å². The third kappa shape index (κ3) is 3.77. The monoisotopic (exact) mass is 327 g/mol. The van der Waals surface area contributed by atoms with Crippen molar-refractivity contribution in [3.05, 3.63) is 35.4 Å². The summed E-state index contributed by atoms with van der Waals surface area (Å²) < 4.78 is 43.6. The molecule has 1 saturated heterocycles. The number of hydrogen-bond donors (Lipinski definition) is 2. The van der Waals surface area contributed by atoms with Crippen molar-refractivity contribution in [3.63, 3.8) is 0 Å².